The predicted molar refractivity (Wildman–Crippen MR) is 90.9 cm³/mol. The quantitative estimate of drug-likeness (QED) is 0.778. The summed E-state index contributed by atoms with van der Waals surface area (Å²) >= 11 is 0. The number of methoxy groups -OCH3 is 1. The molecule has 7 nitrogen and oxygen atoms in total. The molecule has 134 valence electrons. The fourth-order valence-electron chi connectivity index (χ4n) is 2.22. The summed E-state index contributed by atoms with van der Waals surface area (Å²) in [6.07, 6.45) is 0. The van der Waals surface area contributed by atoms with Gasteiger partial charge in [0.2, 0.25) is 10.0 Å². The van der Waals surface area contributed by atoms with Crippen molar-refractivity contribution in [2.24, 2.45) is 0 Å². The Morgan fingerprint density at radius 3 is 2.16 bits per heavy atom. The maximum atomic E-state index is 12.9. The largest absolute Gasteiger partial charge is 0.508 e. The predicted octanol–water partition coefficient (Wildman–Crippen LogP) is 2.06. The molecule has 2 N–H and O–H groups in total. The molecule has 2 rings (SSSR count). The first-order valence-corrected chi connectivity index (χ1v) is 8.86. The van der Waals surface area contributed by atoms with Gasteiger partial charge in [0.05, 0.1) is 12.0 Å². The van der Waals surface area contributed by atoms with E-state index in [0.29, 0.717) is 11.3 Å². The number of aromatic hydroxyl groups is 1. The highest BCUT2D eigenvalue weighted by Crippen LogP contribution is 2.24. The van der Waals surface area contributed by atoms with Gasteiger partial charge in [0.15, 0.2) is 0 Å². The average molecular weight is 365 g/mol. The van der Waals surface area contributed by atoms with Crippen molar-refractivity contribution in [2.45, 2.75) is 24.4 Å². The standard InChI is InChI=1S/C17H19NO6S/c1-12(17(20)21)18(11-13-3-7-15(24-2)8-4-13)25(22,23)16-9-5-14(19)6-10-16/h3-10,12,19H,11H2,1-2H3,(H,20,21). The van der Waals surface area contributed by atoms with E-state index in [2.05, 4.69) is 0 Å². The number of nitrogens with zero attached hydrogens (tertiary/aromatic N) is 1. The lowest BCUT2D eigenvalue weighted by atomic mass is 10.2. The normalized spacial score (nSPS) is 12.8. The maximum absolute atomic E-state index is 12.9. The van der Waals surface area contributed by atoms with Gasteiger partial charge < -0.3 is 14.9 Å². The fraction of sp³-hybridized carbons (Fsp3) is 0.235. The van der Waals surface area contributed by atoms with Crippen LogP contribution in [0.25, 0.3) is 0 Å². The van der Waals surface area contributed by atoms with Gasteiger partial charge >= 0.3 is 5.97 Å². The Kier molecular flexibility index (Phi) is 5.66. The van der Waals surface area contributed by atoms with E-state index < -0.39 is 22.0 Å². The minimum atomic E-state index is -4.07. The SMILES string of the molecule is COc1ccc(CN(C(C)C(=O)O)S(=O)(=O)c2ccc(O)cc2)cc1. The molecule has 0 aromatic heterocycles. The lowest BCUT2D eigenvalue weighted by Gasteiger charge is -2.26. The van der Waals surface area contributed by atoms with Gasteiger partial charge in [-0.25, -0.2) is 8.42 Å². The van der Waals surface area contributed by atoms with E-state index in [1.807, 2.05) is 0 Å². The molecule has 0 fully saturated rings. The molecule has 0 aliphatic rings. The molecule has 8 heteroatoms. The van der Waals surface area contributed by atoms with Crippen LogP contribution in [-0.2, 0) is 21.4 Å². The molecule has 1 atom stereocenters. The van der Waals surface area contributed by atoms with Crippen LogP contribution in [0.5, 0.6) is 11.5 Å². The molecule has 0 radical (unpaired) electrons. The van der Waals surface area contributed by atoms with Gasteiger partial charge in [0, 0.05) is 6.54 Å². The summed E-state index contributed by atoms with van der Waals surface area (Å²) in [6, 6.07) is 10.4. The number of phenolic OH excluding ortho intramolecular Hbond substituents is 1. The number of hydrogen-bond acceptors (Lipinski definition) is 5. The second-order valence-electron chi connectivity index (χ2n) is 5.41. The maximum Gasteiger partial charge on any atom is 0.321 e. The van der Waals surface area contributed by atoms with E-state index in [9.17, 15) is 23.4 Å². The number of hydrogen-bond donors (Lipinski definition) is 2. The number of sulfonamides is 1. The fourth-order valence-corrected chi connectivity index (χ4v) is 3.79. The molecule has 0 bridgehead atoms. The molecule has 2 aromatic rings. The third-order valence-corrected chi connectivity index (χ3v) is 5.66. The van der Waals surface area contributed by atoms with Crippen molar-refractivity contribution in [2.75, 3.05) is 7.11 Å². The summed E-state index contributed by atoms with van der Waals surface area (Å²) in [5.74, 6) is -0.717. The number of carboxylic acids is 1. The second kappa shape index (κ2) is 7.54. The Bertz CT molecular complexity index is 830. The van der Waals surface area contributed by atoms with Crippen LogP contribution in [0.3, 0.4) is 0 Å². The van der Waals surface area contributed by atoms with Crippen LogP contribution < -0.4 is 4.74 Å². The first-order valence-electron chi connectivity index (χ1n) is 7.42. The molecule has 0 spiro atoms. The number of carboxylic acid groups (broad SMARTS) is 1. The van der Waals surface area contributed by atoms with Crippen molar-refractivity contribution in [3.63, 3.8) is 0 Å². The van der Waals surface area contributed by atoms with Crippen LogP contribution in [0.1, 0.15) is 12.5 Å². The molecule has 2 aromatic carbocycles. The van der Waals surface area contributed by atoms with E-state index in [1.165, 1.54) is 38.3 Å². The average Bonchev–Trinajstić information content (AvgIpc) is 2.59. The zero-order valence-electron chi connectivity index (χ0n) is 13.8. The lowest BCUT2D eigenvalue weighted by Crippen LogP contribution is -2.42. The van der Waals surface area contributed by atoms with Crippen LogP contribution >= 0.6 is 0 Å². The zero-order valence-corrected chi connectivity index (χ0v) is 14.6. The van der Waals surface area contributed by atoms with Crippen molar-refractivity contribution in [1.82, 2.24) is 4.31 Å². The third kappa shape index (κ3) is 4.28. The Labute approximate surface area is 146 Å². The molecular formula is C17H19NO6S. The first-order chi connectivity index (χ1) is 11.8. The van der Waals surface area contributed by atoms with E-state index in [1.54, 1.807) is 24.3 Å². The number of phenols is 1. The first kappa shape index (κ1) is 18.8. The summed E-state index contributed by atoms with van der Waals surface area (Å²) in [4.78, 5) is 11.3. The second-order valence-corrected chi connectivity index (χ2v) is 7.30. The Morgan fingerprint density at radius 2 is 1.68 bits per heavy atom. The van der Waals surface area contributed by atoms with E-state index in [0.717, 1.165) is 4.31 Å². The number of carbonyl (C=O) groups is 1. The van der Waals surface area contributed by atoms with Gasteiger partial charge in [-0.1, -0.05) is 12.1 Å². The minimum Gasteiger partial charge on any atom is -0.508 e. The summed E-state index contributed by atoms with van der Waals surface area (Å²) in [7, 11) is -2.55. The molecule has 1 unspecified atom stereocenters. The monoisotopic (exact) mass is 365 g/mol. The van der Waals surface area contributed by atoms with E-state index in [4.69, 9.17) is 4.74 Å². The van der Waals surface area contributed by atoms with Crippen LogP contribution in [0.15, 0.2) is 53.4 Å². The van der Waals surface area contributed by atoms with Crippen LogP contribution in [0, 0.1) is 0 Å². The smallest absolute Gasteiger partial charge is 0.321 e. The van der Waals surface area contributed by atoms with Gasteiger partial charge in [-0.3, -0.25) is 4.79 Å². The highest BCUT2D eigenvalue weighted by molar-refractivity contribution is 7.89. The molecule has 0 aliphatic carbocycles. The molecule has 0 aliphatic heterocycles. The van der Waals surface area contributed by atoms with Crippen molar-refractivity contribution in [3.8, 4) is 11.5 Å². The third-order valence-electron chi connectivity index (χ3n) is 3.73. The zero-order chi connectivity index (χ0) is 18.6. The number of ether oxygens (including phenoxy) is 1. The summed E-state index contributed by atoms with van der Waals surface area (Å²) in [6.45, 7) is 1.20. The Balaban J connectivity index is 2.40. The molecule has 0 heterocycles. The van der Waals surface area contributed by atoms with E-state index >= 15 is 0 Å². The van der Waals surface area contributed by atoms with Crippen LogP contribution in [0.2, 0.25) is 0 Å². The van der Waals surface area contributed by atoms with Gasteiger partial charge in [-0.15, -0.1) is 0 Å². The van der Waals surface area contributed by atoms with Crippen molar-refractivity contribution >= 4 is 16.0 Å². The molecule has 0 saturated carbocycles. The van der Waals surface area contributed by atoms with Crippen LogP contribution in [-0.4, -0.2) is 42.1 Å². The highest BCUT2D eigenvalue weighted by atomic mass is 32.2. The molecule has 25 heavy (non-hydrogen) atoms. The summed E-state index contributed by atoms with van der Waals surface area (Å²) in [5, 5.41) is 18.6. The summed E-state index contributed by atoms with van der Waals surface area (Å²) < 4.78 is 31.7. The number of benzene rings is 2. The Morgan fingerprint density at radius 1 is 1.12 bits per heavy atom. The number of aliphatic carboxylic acids is 1. The van der Waals surface area contributed by atoms with E-state index in [-0.39, 0.29) is 17.2 Å². The topological polar surface area (TPSA) is 104 Å². The van der Waals surface area contributed by atoms with Gasteiger partial charge in [0.1, 0.15) is 17.5 Å². The lowest BCUT2D eigenvalue weighted by molar-refractivity contribution is -0.141. The Hall–Kier alpha value is -2.58. The van der Waals surface area contributed by atoms with Crippen molar-refractivity contribution in [3.05, 3.63) is 54.1 Å². The van der Waals surface area contributed by atoms with Crippen LogP contribution in [0.4, 0.5) is 0 Å². The minimum absolute atomic E-state index is 0.0769. The van der Waals surface area contributed by atoms with Gasteiger partial charge in [-0.05, 0) is 48.9 Å². The van der Waals surface area contributed by atoms with Crippen molar-refractivity contribution < 1.29 is 28.2 Å². The van der Waals surface area contributed by atoms with Crippen molar-refractivity contribution in [1.29, 1.82) is 0 Å². The van der Waals surface area contributed by atoms with Gasteiger partial charge in [0.25, 0.3) is 0 Å². The van der Waals surface area contributed by atoms with Gasteiger partial charge in [-0.2, -0.15) is 4.31 Å². The molecule has 0 saturated heterocycles. The highest BCUT2D eigenvalue weighted by Gasteiger charge is 2.33. The summed E-state index contributed by atoms with van der Waals surface area (Å²) in [5.41, 5.74) is 0.622. The molecule has 0 amide bonds. The number of rotatable bonds is 7. The molecular weight excluding hydrogens is 346 g/mol.